The lowest BCUT2D eigenvalue weighted by Crippen LogP contribution is -2.40. The van der Waals surface area contributed by atoms with E-state index in [-0.39, 0.29) is 0 Å². The van der Waals surface area contributed by atoms with Crippen LogP contribution in [0.3, 0.4) is 0 Å². The molecule has 0 aliphatic carbocycles. The highest BCUT2D eigenvalue weighted by molar-refractivity contribution is 5.76. The van der Waals surface area contributed by atoms with Gasteiger partial charge >= 0.3 is 0 Å². The Kier molecular flexibility index (Phi) is 2.32. The van der Waals surface area contributed by atoms with E-state index >= 15 is 0 Å². The third-order valence-corrected chi connectivity index (χ3v) is 5.04. The van der Waals surface area contributed by atoms with Crippen LogP contribution in [0.2, 0.25) is 0 Å². The molecule has 25 heavy (non-hydrogen) atoms. The Morgan fingerprint density at radius 3 is 1.24 bits per heavy atom. The zero-order chi connectivity index (χ0) is 16.6. The van der Waals surface area contributed by atoms with E-state index in [9.17, 15) is 0 Å². The molecule has 0 amide bonds. The van der Waals surface area contributed by atoms with E-state index in [1.165, 1.54) is 0 Å². The van der Waals surface area contributed by atoms with Crippen molar-refractivity contribution in [3.8, 4) is 34.5 Å². The number of rotatable bonds is 2. The second-order valence-corrected chi connectivity index (χ2v) is 6.31. The van der Waals surface area contributed by atoms with Gasteiger partial charge in [-0.1, -0.05) is 18.2 Å². The maximum atomic E-state index is 6.51. The molecule has 0 saturated carbocycles. The third-order valence-electron chi connectivity index (χ3n) is 5.04. The smallest absolute Gasteiger partial charge is 0.165 e. The van der Waals surface area contributed by atoms with Crippen molar-refractivity contribution in [2.24, 2.45) is 0 Å². The lowest BCUT2D eigenvalue weighted by molar-refractivity contribution is 0.000643. The average molecular weight is 330 g/mol. The van der Waals surface area contributed by atoms with Gasteiger partial charge in [0.2, 0.25) is 0 Å². The van der Waals surface area contributed by atoms with Crippen LogP contribution in [-0.4, -0.2) is 6.61 Å². The largest absolute Gasteiger partial charge is 0.456 e. The van der Waals surface area contributed by atoms with Gasteiger partial charge in [-0.2, -0.15) is 0 Å². The highest BCUT2D eigenvalue weighted by Crippen LogP contribution is 2.66. The minimum absolute atomic E-state index is 0.551. The molecule has 0 bridgehead atoms. The van der Waals surface area contributed by atoms with Gasteiger partial charge in [-0.15, -0.1) is 0 Å². The highest BCUT2D eigenvalue weighted by atomic mass is 16.5. The molecule has 0 fully saturated rings. The van der Waals surface area contributed by atoms with Crippen LogP contribution < -0.4 is 14.2 Å². The molecule has 3 aliphatic heterocycles. The molecule has 122 valence electrons. The molecule has 3 aliphatic rings. The van der Waals surface area contributed by atoms with Gasteiger partial charge in [-0.3, -0.25) is 0 Å². The second kappa shape index (κ2) is 4.35. The summed E-state index contributed by atoms with van der Waals surface area (Å²) in [7, 11) is 0. The van der Waals surface area contributed by atoms with Gasteiger partial charge in [0.1, 0.15) is 34.5 Å². The zero-order valence-electron chi connectivity index (χ0n) is 13.5. The van der Waals surface area contributed by atoms with Crippen molar-refractivity contribution >= 4 is 0 Å². The fraction of sp³-hybridized carbons (Fsp3) is 0.143. The molecule has 4 nitrogen and oxygen atoms in total. The van der Waals surface area contributed by atoms with Crippen LogP contribution in [0.4, 0.5) is 0 Å². The van der Waals surface area contributed by atoms with Crippen molar-refractivity contribution in [2.75, 3.05) is 6.61 Å². The number of ether oxygens (including phenoxy) is 4. The Morgan fingerprint density at radius 2 is 0.960 bits per heavy atom. The van der Waals surface area contributed by atoms with Crippen molar-refractivity contribution < 1.29 is 18.9 Å². The van der Waals surface area contributed by atoms with Crippen LogP contribution in [0.1, 0.15) is 23.6 Å². The number of benzene rings is 3. The summed E-state index contributed by atoms with van der Waals surface area (Å²) in [5, 5.41) is 0. The average Bonchev–Trinajstić information content (AvgIpc) is 2.62. The van der Waals surface area contributed by atoms with Crippen LogP contribution in [0.5, 0.6) is 34.5 Å². The van der Waals surface area contributed by atoms with E-state index in [1.54, 1.807) is 0 Å². The van der Waals surface area contributed by atoms with Crippen LogP contribution in [-0.2, 0) is 10.3 Å². The van der Waals surface area contributed by atoms with E-state index in [1.807, 2.05) is 61.5 Å². The number of hydrogen-bond acceptors (Lipinski definition) is 4. The van der Waals surface area contributed by atoms with Gasteiger partial charge in [-0.25, -0.2) is 0 Å². The first kappa shape index (κ1) is 13.3. The van der Waals surface area contributed by atoms with Gasteiger partial charge < -0.3 is 18.9 Å². The Hall–Kier alpha value is -2.98. The van der Waals surface area contributed by atoms with Gasteiger partial charge in [-0.05, 0) is 43.3 Å². The first-order chi connectivity index (χ1) is 12.3. The van der Waals surface area contributed by atoms with E-state index in [0.29, 0.717) is 6.61 Å². The molecule has 0 saturated heterocycles. The predicted molar refractivity (Wildman–Crippen MR) is 91.1 cm³/mol. The summed E-state index contributed by atoms with van der Waals surface area (Å²) in [5.41, 5.74) is 1.98. The maximum Gasteiger partial charge on any atom is 0.165 e. The van der Waals surface area contributed by atoms with Crippen molar-refractivity contribution in [3.63, 3.8) is 0 Å². The molecule has 3 aromatic carbocycles. The molecule has 3 heterocycles. The van der Waals surface area contributed by atoms with E-state index in [4.69, 9.17) is 18.9 Å². The van der Waals surface area contributed by atoms with Crippen molar-refractivity contribution in [3.05, 3.63) is 71.3 Å². The minimum Gasteiger partial charge on any atom is -0.456 e. The predicted octanol–water partition coefficient (Wildman–Crippen LogP) is 5.33. The molecule has 6 rings (SSSR count). The fourth-order valence-corrected chi connectivity index (χ4v) is 4.25. The van der Waals surface area contributed by atoms with Gasteiger partial charge in [0, 0.05) is 6.61 Å². The molecule has 4 heteroatoms. The maximum absolute atomic E-state index is 6.51. The van der Waals surface area contributed by atoms with Crippen LogP contribution in [0, 0.1) is 0 Å². The van der Waals surface area contributed by atoms with Gasteiger partial charge in [0.05, 0.1) is 16.7 Å². The first-order valence-corrected chi connectivity index (χ1v) is 8.41. The first-order valence-electron chi connectivity index (χ1n) is 8.41. The molecule has 3 aromatic rings. The summed E-state index contributed by atoms with van der Waals surface area (Å²) < 4.78 is 25.1. The molecule has 0 spiro atoms. The molecule has 0 unspecified atom stereocenters. The molecule has 0 atom stereocenters. The summed E-state index contributed by atoms with van der Waals surface area (Å²) in [6.45, 7) is 2.56. The fourth-order valence-electron chi connectivity index (χ4n) is 4.25. The zero-order valence-corrected chi connectivity index (χ0v) is 13.5. The third kappa shape index (κ3) is 1.43. The summed E-state index contributed by atoms with van der Waals surface area (Å²) in [6, 6.07) is 17.6. The minimum atomic E-state index is -0.771. The molecular formula is C21H14O4. The lowest BCUT2D eigenvalue weighted by atomic mass is 9.73. The highest BCUT2D eigenvalue weighted by Gasteiger charge is 2.56. The van der Waals surface area contributed by atoms with E-state index < -0.39 is 5.60 Å². The quantitative estimate of drug-likeness (QED) is 0.498. The molecule has 0 aromatic heterocycles. The van der Waals surface area contributed by atoms with Gasteiger partial charge in [0.15, 0.2) is 5.60 Å². The lowest BCUT2D eigenvalue weighted by Gasteiger charge is -2.47. The topological polar surface area (TPSA) is 36.9 Å². The molecule has 0 N–H and O–H groups in total. The summed E-state index contributed by atoms with van der Waals surface area (Å²) >= 11 is 0. The van der Waals surface area contributed by atoms with E-state index in [2.05, 4.69) is 0 Å². The Morgan fingerprint density at radius 1 is 0.640 bits per heavy atom. The Bertz CT molecular complexity index is 863. The SMILES string of the molecule is CCOC12c3c4cccc3Oc3cccc(c31)Oc1cccc(c12)O4. The van der Waals surface area contributed by atoms with Crippen LogP contribution in [0.25, 0.3) is 0 Å². The normalized spacial score (nSPS) is 16.2. The Labute approximate surface area is 144 Å². The summed E-state index contributed by atoms with van der Waals surface area (Å²) in [6.07, 6.45) is 0. The summed E-state index contributed by atoms with van der Waals surface area (Å²) in [4.78, 5) is 0. The monoisotopic (exact) mass is 330 g/mol. The summed E-state index contributed by atoms with van der Waals surface area (Å²) in [5.74, 6) is 4.57. The van der Waals surface area contributed by atoms with E-state index in [0.717, 1.165) is 51.2 Å². The molecular weight excluding hydrogens is 316 g/mol. The second-order valence-electron chi connectivity index (χ2n) is 6.31. The van der Waals surface area contributed by atoms with Crippen molar-refractivity contribution in [1.82, 2.24) is 0 Å². The molecule has 0 radical (unpaired) electrons. The number of hydrogen-bond donors (Lipinski definition) is 0. The Balaban J connectivity index is 1.85. The van der Waals surface area contributed by atoms with Crippen molar-refractivity contribution in [1.29, 1.82) is 0 Å². The standard InChI is InChI=1S/C21H14O4/c1-2-22-21-18-12-6-3-7-13(18)24-15-9-5-11-17(20(15)21)25-16-10-4-8-14(23-12)19(16)21/h3-11H,2H2,1H3. The van der Waals surface area contributed by atoms with Crippen LogP contribution >= 0.6 is 0 Å². The van der Waals surface area contributed by atoms with Crippen LogP contribution in [0.15, 0.2) is 54.6 Å². The van der Waals surface area contributed by atoms with Crippen molar-refractivity contribution in [2.45, 2.75) is 12.5 Å². The van der Waals surface area contributed by atoms with Gasteiger partial charge in [0.25, 0.3) is 0 Å².